The van der Waals surface area contributed by atoms with Gasteiger partial charge in [-0.2, -0.15) is 31.1 Å². The molecule has 5 rings (SSSR count). The number of fused-ring (bicyclic) bond motifs is 1. The topological polar surface area (TPSA) is 119 Å². The Hall–Kier alpha value is -3.88. The Morgan fingerprint density at radius 2 is 1.59 bits per heavy atom. The molecule has 2 aliphatic rings. The number of alkyl halides is 6. The van der Waals surface area contributed by atoms with E-state index in [1.807, 2.05) is 19.9 Å². The van der Waals surface area contributed by atoms with Crippen molar-refractivity contribution >= 4 is 17.6 Å². The second kappa shape index (κ2) is 13.5. The fraction of sp³-hybridized carbons (Fsp3) is 0.548. The van der Waals surface area contributed by atoms with E-state index < -0.39 is 35.5 Å². The number of halogens is 6. The Labute approximate surface area is 262 Å². The number of rotatable bonds is 7. The third-order valence-corrected chi connectivity index (χ3v) is 8.86. The molecular weight excluding hydrogens is 618 g/mol. The Balaban J connectivity index is 0.00000480. The molecule has 0 amide bonds. The normalized spacial score (nSPS) is 20.5. The summed E-state index contributed by atoms with van der Waals surface area (Å²) in [5, 5.41) is 21.8. The molecule has 2 heterocycles. The first-order valence-electron chi connectivity index (χ1n) is 15.0. The minimum Gasteiger partial charge on any atom is -0.481 e. The molecule has 9 nitrogen and oxygen atoms in total. The molecule has 1 aliphatic heterocycles. The zero-order valence-corrected chi connectivity index (χ0v) is 25.8. The molecule has 3 aromatic rings. The zero-order chi connectivity index (χ0) is 32.7. The Morgan fingerprint density at radius 3 is 2.13 bits per heavy atom. The van der Waals surface area contributed by atoms with Crippen molar-refractivity contribution in [1.82, 2.24) is 20.2 Å². The van der Waals surface area contributed by atoms with Crippen LogP contribution in [0.3, 0.4) is 0 Å². The van der Waals surface area contributed by atoms with E-state index in [4.69, 9.17) is 0 Å². The van der Waals surface area contributed by atoms with Crippen molar-refractivity contribution in [3.05, 3.63) is 63.7 Å². The molecule has 252 valence electrons. The lowest BCUT2D eigenvalue weighted by atomic mass is 9.81. The average Bonchev–Trinajstić information content (AvgIpc) is 3.30. The summed E-state index contributed by atoms with van der Waals surface area (Å²) < 4.78 is 82.4. The zero-order valence-electron chi connectivity index (χ0n) is 25.8. The molecule has 15 heteroatoms. The maximum Gasteiger partial charge on any atom is 0.416 e. The van der Waals surface area contributed by atoms with Crippen LogP contribution < -0.4 is 9.80 Å². The van der Waals surface area contributed by atoms with Crippen molar-refractivity contribution < 1.29 is 41.7 Å². The van der Waals surface area contributed by atoms with Crippen LogP contribution >= 0.6 is 0 Å². The Bertz CT molecular complexity index is 1500. The average molecular weight is 657 g/mol. The van der Waals surface area contributed by atoms with Gasteiger partial charge in [0.25, 0.3) is 5.95 Å². The van der Waals surface area contributed by atoms with E-state index in [1.165, 1.54) is 11.8 Å². The van der Waals surface area contributed by atoms with Gasteiger partial charge in [-0.1, -0.05) is 22.8 Å². The minimum absolute atomic E-state index is 0. The van der Waals surface area contributed by atoms with Crippen LogP contribution in [0.1, 0.15) is 77.9 Å². The van der Waals surface area contributed by atoms with Crippen LogP contribution in [0.5, 0.6) is 0 Å². The quantitative estimate of drug-likeness (QED) is 0.298. The van der Waals surface area contributed by atoms with E-state index >= 15 is 0 Å². The lowest BCUT2D eigenvalue weighted by molar-refractivity contribution is -0.144. The number of carboxylic acid groups (broad SMARTS) is 1. The summed E-state index contributed by atoms with van der Waals surface area (Å²) in [5.74, 6) is -0.690. The van der Waals surface area contributed by atoms with Gasteiger partial charge in [0, 0.05) is 25.3 Å². The lowest BCUT2D eigenvalue weighted by Crippen LogP contribution is -2.34. The van der Waals surface area contributed by atoms with Crippen LogP contribution in [0.25, 0.3) is 0 Å². The summed E-state index contributed by atoms with van der Waals surface area (Å²) in [4.78, 5) is 16.6. The number of aliphatic carboxylic acids is 1. The number of carboxylic acids is 1. The Kier molecular flexibility index (Phi) is 10.2. The van der Waals surface area contributed by atoms with Gasteiger partial charge in [-0.15, -0.1) is 5.10 Å². The summed E-state index contributed by atoms with van der Waals surface area (Å²) >= 11 is 0. The van der Waals surface area contributed by atoms with Gasteiger partial charge < -0.3 is 20.4 Å². The maximum atomic E-state index is 13.7. The van der Waals surface area contributed by atoms with Gasteiger partial charge in [-0.05, 0) is 98.4 Å². The summed E-state index contributed by atoms with van der Waals surface area (Å²) in [6.07, 6.45) is -5.87. The van der Waals surface area contributed by atoms with Crippen LogP contribution in [0.15, 0.2) is 30.3 Å². The number of nitrogens with zero attached hydrogens (tertiary/aromatic N) is 6. The predicted molar refractivity (Wildman–Crippen MR) is 158 cm³/mol. The van der Waals surface area contributed by atoms with E-state index in [2.05, 4.69) is 26.4 Å². The van der Waals surface area contributed by atoms with Gasteiger partial charge in [0.05, 0.1) is 30.1 Å². The first-order valence-corrected chi connectivity index (χ1v) is 15.0. The van der Waals surface area contributed by atoms with Crippen molar-refractivity contribution in [3.8, 4) is 0 Å². The molecule has 0 radical (unpaired) electrons. The second-order valence-corrected chi connectivity index (χ2v) is 12.3. The third-order valence-electron chi connectivity index (χ3n) is 8.86. The number of tetrazole rings is 1. The molecular formula is C31H38F6N6O3. The van der Waals surface area contributed by atoms with E-state index in [1.54, 1.807) is 4.90 Å². The van der Waals surface area contributed by atoms with Gasteiger partial charge in [0.2, 0.25) is 0 Å². The van der Waals surface area contributed by atoms with Gasteiger partial charge in [-0.25, -0.2) is 0 Å². The molecule has 1 aliphatic carbocycles. The first-order chi connectivity index (χ1) is 21.1. The van der Waals surface area contributed by atoms with Crippen molar-refractivity contribution in [3.63, 3.8) is 0 Å². The number of carbonyl (C=O) groups is 1. The standard InChI is InChI=1S/C31H36F6N6O2.H2O/c1-18-11-19(2)27-25(12-18)26(5-4-10-42(27)16-20-6-8-22(9-7-20)28(44)45)43(29-38-40-41(3)39-29)17-21-13-23(30(32,33)34)15-24(14-21)31(35,36)37;/h11-15,20,22,26H,4-10,16-17H2,1-3H3,(H,44,45);1H2/t20?,22?,26-;/m0./s1. The molecule has 2 aromatic carbocycles. The van der Waals surface area contributed by atoms with Crippen LogP contribution in [0.4, 0.5) is 38.0 Å². The van der Waals surface area contributed by atoms with Gasteiger partial charge in [0.15, 0.2) is 0 Å². The van der Waals surface area contributed by atoms with E-state index in [9.17, 15) is 36.2 Å². The molecule has 1 atom stereocenters. The number of benzene rings is 2. The Morgan fingerprint density at radius 1 is 0.957 bits per heavy atom. The van der Waals surface area contributed by atoms with Gasteiger partial charge in [-0.3, -0.25) is 4.79 Å². The third kappa shape index (κ3) is 7.73. The highest BCUT2D eigenvalue weighted by Gasteiger charge is 2.38. The number of aryl methyl sites for hydroxylation is 3. The maximum absolute atomic E-state index is 13.7. The summed E-state index contributed by atoms with van der Waals surface area (Å²) in [6, 6.07) is 5.23. The number of aromatic nitrogens is 4. The van der Waals surface area contributed by atoms with Crippen LogP contribution in [0.2, 0.25) is 0 Å². The molecule has 46 heavy (non-hydrogen) atoms. The van der Waals surface area contributed by atoms with Crippen molar-refractivity contribution in [2.75, 3.05) is 22.9 Å². The highest BCUT2D eigenvalue weighted by Crippen LogP contribution is 2.43. The van der Waals surface area contributed by atoms with Gasteiger partial charge in [0.1, 0.15) is 0 Å². The molecule has 1 fully saturated rings. The SMILES string of the molecule is Cc1cc(C)c2c(c1)[C@@H](N(Cc1cc(C(F)(F)F)cc(C(F)(F)F)c1)c1nnn(C)n1)CCCN2CC1CCC(C(=O)O)CC1.O. The molecule has 0 unspecified atom stereocenters. The van der Waals surface area contributed by atoms with Crippen LogP contribution in [-0.2, 0) is 30.7 Å². The molecule has 0 saturated heterocycles. The monoisotopic (exact) mass is 656 g/mol. The van der Waals surface area contributed by atoms with Crippen LogP contribution in [-0.4, -0.2) is 49.8 Å². The molecule has 1 saturated carbocycles. The summed E-state index contributed by atoms with van der Waals surface area (Å²) in [5.41, 5.74) is 0.892. The van der Waals surface area contributed by atoms with Crippen molar-refractivity contribution in [2.45, 2.75) is 77.3 Å². The predicted octanol–water partition coefficient (Wildman–Crippen LogP) is 6.28. The number of hydrogen-bond acceptors (Lipinski definition) is 6. The molecule has 0 bridgehead atoms. The largest absolute Gasteiger partial charge is 0.481 e. The summed E-state index contributed by atoms with van der Waals surface area (Å²) in [6.45, 7) is 5.04. The van der Waals surface area contributed by atoms with E-state index in [0.29, 0.717) is 38.1 Å². The highest BCUT2D eigenvalue weighted by molar-refractivity contribution is 5.70. The second-order valence-electron chi connectivity index (χ2n) is 12.3. The van der Waals surface area contributed by atoms with Crippen molar-refractivity contribution in [1.29, 1.82) is 0 Å². The van der Waals surface area contributed by atoms with Crippen LogP contribution in [0, 0.1) is 25.7 Å². The minimum atomic E-state index is -4.97. The lowest BCUT2D eigenvalue weighted by Gasteiger charge is -2.36. The highest BCUT2D eigenvalue weighted by atomic mass is 19.4. The first kappa shape index (κ1) is 35.0. The number of hydrogen-bond donors (Lipinski definition) is 1. The molecule has 1 aromatic heterocycles. The molecule has 3 N–H and O–H groups in total. The smallest absolute Gasteiger partial charge is 0.416 e. The molecule has 0 spiro atoms. The number of anilines is 2. The summed E-state index contributed by atoms with van der Waals surface area (Å²) in [7, 11) is 1.54. The van der Waals surface area contributed by atoms with E-state index in [0.717, 1.165) is 53.9 Å². The fourth-order valence-electron chi connectivity index (χ4n) is 6.85. The van der Waals surface area contributed by atoms with Crippen molar-refractivity contribution in [2.24, 2.45) is 18.9 Å². The fourth-order valence-corrected chi connectivity index (χ4v) is 6.85. The van der Waals surface area contributed by atoms with Gasteiger partial charge >= 0.3 is 18.3 Å². The van der Waals surface area contributed by atoms with E-state index in [-0.39, 0.29) is 35.5 Å².